The minimum absolute atomic E-state index is 0.0617. The van der Waals surface area contributed by atoms with Crippen molar-refractivity contribution in [3.63, 3.8) is 0 Å². The van der Waals surface area contributed by atoms with Gasteiger partial charge in [0.05, 0.1) is 37.6 Å². The summed E-state index contributed by atoms with van der Waals surface area (Å²) in [6.07, 6.45) is 8.23. The highest BCUT2D eigenvalue weighted by Crippen LogP contribution is 2.53. The van der Waals surface area contributed by atoms with Crippen LogP contribution in [0, 0.1) is 10.8 Å². The predicted molar refractivity (Wildman–Crippen MR) is 124 cm³/mol. The fourth-order valence-electron chi connectivity index (χ4n) is 4.97. The summed E-state index contributed by atoms with van der Waals surface area (Å²) in [5, 5.41) is 0. The molecule has 170 valence electrons. The zero-order valence-electron chi connectivity index (χ0n) is 20.3. The van der Waals surface area contributed by atoms with Gasteiger partial charge < -0.3 is 14.2 Å². The molecule has 1 aromatic carbocycles. The van der Waals surface area contributed by atoms with E-state index in [1.165, 1.54) is 36.8 Å². The zero-order chi connectivity index (χ0) is 21.9. The molecule has 0 radical (unpaired) electrons. The SMILES string of the molecule is CCC1(COC(C)(CC)Cc2ccc(COC(C)(C)C3(CC)CCC3)cc2)COC1. The molecular formula is C27H44O3. The summed E-state index contributed by atoms with van der Waals surface area (Å²) in [5.41, 5.74) is 3.01. The second-order valence-electron chi connectivity index (χ2n) is 10.7. The number of rotatable bonds is 12. The predicted octanol–water partition coefficient (Wildman–Crippen LogP) is 6.72. The van der Waals surface area contributed by atoms with Crippen LogP contribution in [0.5, 0.6) is 0 Å². The van der Waals surface area contributed by atoms with Crippen LogP contribution in [0.2, 0.25) is 0 Å². The average Bonchev–Trinajstić information content (AvgIpc) is 2.66. The van der Waals surface area contributed by atoms with Crippen LogP contribution < -0.4 is 0 Å². The maximum atomic E-state index is 6.47. The van der Waals surface area contributed by atoms with Crippen LogP contribution in [0.1, 0.15) is 91.2 Å². The van der Waals surface area contributed by atoms with Crippen molar-refractivity contribution in [2.24, 2.45) is 10.8 Å². The molecule has 30 heavy (non-hydrogen) atoms. The molecule has 1 saturated heterocycles. The van der Waals surface area contributed by atoms with Crippen LogP contribution in [0.15, 0.2) is 24.3 Å². The van der Waals surface area contributed by atoms with Crippen molar-refractivity contribution in [1.82, 2.24) is 0 Å². The van der Waals surface area contributed by atoms with Gasteiger partial charge in [-0.3, -0.25) is 0 Å². The standard InChI is InChI=1S/C27H44O3/c1-7-25(6,30-21-26(8-2)19-28-20-26)17-22-11-13-23(14-12-22)18-29-24(4,5)27(9-3)15-10-16-27/h11-14H,7-10,15-21H2,1-6H3. The maximum Gasteiger partial charge on any atom is 0.0724 e. The first kappa shape index (κ1) is 23.8. The molecule has 0 spiro atoms. The quantitative estimate of drug-likeness (QED) is 0.379. The van der Waals surface area contributed by atoms with Gasteiger partial charge in [-0.1, -0.05) is 51.5 Å². The third-order valence-corrected chi connectivity index (χ3v) is 8.51. The van der Waals surface area contributed by atoms with Crippen molar-refractivity contribution in [2.75, 3.05) is 19.8 Å². The number of ether oxygens (including phenoxy) is 3. The Kier molecular flexibility index (Phi) is 7.37. The first-order valence-electron chi connectivity index (χ1n) is 12.1. The molecule has 1 aliphatic carbocycles. The summed E-state index contributed by atoms with van der Waals surface area (Å²) in [5.74, 6) is 0. The summed E-state index contributed by atoms with van der Waals surface area (Å²) in [6.45, 7) is 16.8. The fraction of sp³-hybridized carbons (Fsp3) is 0.778. The number of benzene rings is 1. The molecule has 3 heteroatoms. The van der Waals surface area contributed by atoms with Gasteiger partial charge in [0.25, 0.3) is 0 Å². The van der Waals surface area contributed by atoms with E-state index in [9.17, 15) is 0 Å². The first-order chi connectivity index (χ1) is 14.2. The van der Waals surface area contributed by atoms with E-state index >= 15 is 0 Å². The Labute approximate surface area is 184 Å². The molecule has 3 rings (SSSR count). The summed E-state index contributed by atoms with van der Waals surface area (Å²) in [6, 6.07) is 8.97. The van der Waals surface area contributed by atoms with Gasteiger partial charge in [-0.2, -0.15) is 0 Å². The molecule has 1 heterocycles. The Hall–Kier alpha value is -0.900. The van der Waals surface area contributed by atoms with Gasteiger partial charge in [0.1, 0.15) is 0 Å². The van der Waals surface area contributed by atoms with Gasteiger partial charge in [-0.05, 0) is 69.4 Å². The Morgan fingerprint density at radius 1 is 0.900 bits per heavy atom. The van der Waals surface area contributed by atoms with Crippen LogP contribution >= 0.6 is 0 Å². The van der Waals surface area contributed by atoms with E-state index in [0.717, 1.165) is 39.1 Å². The van der Waals surface area contributed by atoms with Crippen molar-refractivity contribution in [3.05, 3.63) is 35.4 Å². The van der Waals surface area contributed by atoms with Crippen molar-refractivity contribution in [2.45, 2.75) is 104 Å². The van der Waals surface area contributed by atoms with Gasteiger partial charge in [-0.25, -0.2) is 0 Å². The summed E-state index contributed by atoms with van der Waals surface area (Å²) in [7, 11) is 0. The third kappa shape index (κ3) is 4.95. The van der Waals surface area contributed by atoms with Crippen LogP contribution in [0.25, 0.3) is 0 Å². The number of hydrogen-bond acceptors (Lipinski definition) is 3. The van der Waals surface area contributed by atoms with E-state index in [0.29, 0.717) is 12.0 Å². The van der Waals surface area contributed by atoms with Crippen molar-refractivity contribution < 1.29 is 14.2 Å². The maximum absolute atomic E-state index is 6.47. The van der Waals surface area contributed by atoms with E-state index in [4.69, 9.17) is 14.2 Å². The summed E-state index contributed by atoms with van der Waals surface area (Å²) in [4.78, 5) is 0. The topological polar surface area (TPSA) is 27.7 Å². The lowest BCUT2D eigenvalue weighted by Crippen LogP contribution is -2.49. The Bertz CT molecular complexity index is 659. The van der Waals surface area contributed by atoms with E-state index < -0.39 is 0 Å². The smallest absolute Gasteiger partial charge is 0.0724 e. The highest BCUT2D eigenvalue weighted by molar-refractivity contribution is 5.23. The zero-order valence-corrected chi connectivity index (χ0v) is 20.3. The molecule has 1 aromatic rings. The lowest BCUT2D eigenvalue weighted by molar-refractivity contribution is -0.178. The molecule has 1 saturated carbocycles. The minimum Gasteiger partial charge on any atom is -0.380 e. The van der Waals surface area contributed by atoms with Gasteiger partial charge in [0, 0.05) is 11.8 Å². The molecule has 0 bridgehead atoms. The van der Waals surface area contributed by atoms with Crippen LogP contribution in [0.3, 0.4) is 0 Å². The molecule has 2 aliphatic rings. The highest BCUT2D eigenvalue weighted by Gasteiger charge is 2.48. The third-order valence-electron chi connectivity index (χ3n) is 8.51. The van der Waals surface area contributed by atoms with Crippen molar-refractivity contribution in [3.8, 4) is 0 Å². The normalized spacial score (nSPS) is 22.1. The van der Waals surface area contributed by atoms with Crippen molar-refractivity contribution >= 4 is 0 Å². The Morgan fingerprint density at radius 3 is 1.97 bits per heavy atom. The highest BCUT2D eigenvalue weighted by atomic mass is 16.5. The fourth-order valence-corrected chi connectivity index (χ4v) is 4.97. The minimum atomic E-state index is -0.129. The van der Waals surface area contributed by atoms with E-state index in [1.54, 1.807) is 0 Å². The van der Waals surface area contributed by atoms with E-state index in [-0.39, 0.29) is 16.6 Å². The van der Waals surface area contributed by atoms with Crippen LogP contribution in [-0.2, 0) is 27.2 Å². The average molecular weight is 417 g/mol. The molecule has 0 amide bonds. The molecular weight excluding hydrogens is 372 g/mol. The van der Waals surface area contributed by atoms with Gasteiger partial charge in [0.2, 0.25) is 0 Å². The largest absolute Gasteiger partial charge is 0.380 e. The molecule has 1 unspecified atom stereocenters. The van der Waals surface area contributed by atoms with Gasteiger partial charge in [-0.15, -0.1) is 0 Å². The summed E-state index contributed by atoms with van der Waals surface area (Å²) >= 11 is 0. The lowest BCUT2D eigenvalue weighted by atomic mass is 9.58. The van der Waals surface area contributed by atoms with Crippen LogP contribution in [0.4, 0.5) is 0 Å². The molecule has 1 aliphatic heterocycles. The Balaban J connectivity index is 1.54. The second kappa shape index (κ2) is 9.30. The van der Waals surface area contributed by atoms with Gasteiger partial charge >= 0.3 is 0 Å². The monoisotopic (exact) mass is 416 g/mol. The van der Waals surface area contributed by atoms with E-state index in [2.05, 4.69) is 65.8 Å². The van der Waals surface area contributed by atoms with Crippen molar-refractivity contribution in [1.29, 1.82) is 0 Å². The molecule has 2 fully saturated rings. The number of hydrogen-bond donors (Lipinski definition) is 0. The van der Waals surface area contributed by atoms with Gasteiger partial charge in [0.15, 0.2) is 0 Å². The molecule has 3 nitrogen and oxygen atoms in total. The molecule has 0 N–H and O–H groups in total. The first-order valence-corrected chi connectivity index (χ1v) is 12.1. The lowest BCUT2D eigenvalue weighted by Gasteiger charge is -2.52. The molecule has 1 atom stereocenters. The summed E-state index contributed by atoms with van der Waals surface area (Å²) < 4.78 is 18.4. The second-order valence-corrected chi connectivity index (χ2v) is 10.7. The van der Waals surface area contributed by atoms with Crippen LogP contribution in [-0.4, -0.2) is 31.0 Å². The molecule has 0 aromatic heterocycles. The Morgan fingerprint density at radius 2 is 1.53 bits per heavy atom. The van der Waals surface area contributed by atoms with E-state index in [1.807, 2.05) is 0 Å².